The van der Waals surface area contributed by atoms with Crippen molar-refractivity contribution >= 4 is 22.8 Å². The standard InChI is InChI=1S/C18H16ClFN6O2/c1-9-7-10(2)26(23-9)17-21-15-14(16(27)22-18(28)24(15)3)25(17)8-11-12(19)5-4-6-13(11)20/h4-7H,8H2,1-3H3,(H,22,27,28). The van der Waals surface area contributed by atoms with Gasteiger partial charge in [-0.3, -0.25) is 18.9 Å². The quantitative estimate of drug-likeness (QED) is 0.568. The van der Waals surface area contributed by atoms with E-state index in [0.717, 1.165) is 11.4 Å². The van der Waals surface area contributed by atoms with Gasteiger partial charge in [-0.15, -0.1) is 0 Å². The van der Waals surface area contributed by atoms with Gasteiger partial charge in [0, 0.05) is 23.3 Å². The molecule has 4 aromatic rings. The highest BCUT2D eigenvalue weighted by atomic mass is 35.5. The molecule has 0 saturated carbocycles. The van der Waals surface area contributed by atoms with Crippen molar-refractivity contribution in [1.29, 1.82) is 0 Å². The summed E-state index contributed by atoms with van der Waals surface area (Å²) in [6.07, 6.45) is 0. The summed E-state index contributed by atoms with van der Waals surface area (Å²) in [7, 11) is 1.50. The summed E-state index contributed by atoms with van der Waals surface area (Å²) in [5.74, 6) is -0.221. The van der Waals surface area contributed by atoms with Gasteiger partial charge in [0.2, 0.25) is 5.95 Å². The summed E-state index contributed by atoms with van der Waals surface area (Å²) in [5.41, 5.74) is 0.821. The zero-order valence-corrected chi connectivity index (χ0v) is 16.1. The summed E-state index contributed by atoms with van der Waals surface area (Å²) < 4.78 is 18.7. The van der Waals surface area contributed by atoms with Crippen molar-refractivity contribution < 1.29 is 4.39 Å². The molecular formula is C18H16ClFN6O2. The number of hydrogen-bond donors (Lipinski definition) is 1. The lowest BCUT2D eigenvalue weighted by molar-refractivity contribution is 0.596. The van der Waals surface area contributed by atoms with E-state index in [1.807, 2.05) is 19.9 Å². The number of rotatable bonds is 3. The smallest absolute Gasteiger partial charge is 0.298 e. The van der Waals surface area contributed by atoms with Crippen LogP contribution in [0, 0.1) is 19.7 Å². The number of nitrogens with zero attached hydrogens (tertiary/aromatic N) is 5. The molecule has 0 fully saturated rings. The first-order valence-electron chi connectivity index (χ1n) is 8.44. The lowest BCUT2D eigenvalue weighted by Crippen LogP contribution is -2.29. The number of imidazole rings is 1. The summed E-state index contributed by atoms with van der Waals surface area (Å²) in [6.45, 7) is 3.60. The van der Waals surface area contributed by atoms with Crippen LogP contribution >= 0.6 is 11.6 Å². The van der Waals surface area contributed by atoms with Crippen LogP contribution in [0.3, 0.4) is 0 Å². The average molecular weight is 403 g/mol. The molecule has 0 atom stereocenters. The largest absolute Gasteiger partial charge is 0.329 e. The fraction of sp³-hybridized carbons (Fsp3) is 0.222. The van der Waals surface area contributed by atoms with Crippen LogP contribution in [0.4, 0.5) is 4.39 Å². The van der Waals surface area contributed by atoms with E-state index in [2.05, 4.69) is 15.1 Å². The summed E-state index contributed by atoms with van der Waals surface area (Å²) in [4.78, 5) is 31.3. The fourth-order valence-electron chi connectivity index (χ4n) is 3.21. The molecule has 3 heterocycles. The molecule has 0 radical (unpaired) electrons. The average Bonchev–Trinajstić information content (AvgIpc) is 3.16. The minimum absolute atomic E-state index is 0.0586. The summed E-state index contributed by atoms with van der Waals surface area (Å²) in [6, 6.07) is 6.22. The van der Waals surface area contributed by atoms with E-state index in [4.69, 9.17) is 11.6 Å². The molecule has 4 rings (SSSR count). The van der Waals surface area contributed by atoms with Crippen molar-refractivity contribution in [2.45, 2.75) is 20.4 Å². The fourth-order valence-corrected chi connectivity index (χ4v) is 3.43. The van der Waals surface area contributed by atoms with Gasteiger partial charge in [0.15, 0.2) is 11.2 Å². The molecule has 1 aromatic carbocycles. The molecule has 0 bridgehead atoms. The highest BCUT2D eigenvalue weighted by molar-refractivity contribution is 6.31. The minimum atomic E-state index is -0.620. The number of benzene rings is 1. The Morgan fingerprint density at radius 1 is 1.25 bits per heavy atom. The first kappa shape index (κ1) is 18.2. The molecule has 0 aliphatic rings. The molecule has 28 heavy (non-hydrogen) atoms. The van der Waals surface area contributed by atoms with Crippen LogP contribution in [0.2, 0.25) is 5.02 Å². The van der Waals surface area contributed by atoms with Crippen molar-refractivity contribution in [3.63, 3.8) is 0 Å². The predicted molar refractivity (Wildman–Crippen MR) is 103 cm³/mol. The first-order chi connectivity index (χ1) is 13.3. The second-order valence-electron chi connectivity index (χ2n) is 6.53. The molecule has 1 N–H and O–H groups in total. The second-order valence-corrected chi connectivity index (χ2v) is 6.93. The van der Waals surface area contributed by atoms with Gasteiger partial charge in [0.1, 0.15) is 5.82 Å². The molecule has 3 aromatic heterocycles. The van der Waals surface area contributed by atoms with E-state index in [0.29, 0.717) is 0 Å². The lowest BCUT2D eigenvalue weighted by atomic mass is 10.2. The van der Waals surface area contributed by atoms with Gasteiger partial charge in [0.25, 0.3) is 5.56 Å². The molecule has 0 aliphatic carbocycles. The van der Waals surface area contributed by atoms with Crippen LogP contribution < -0.4 is 11.2 Å². The van der Waals surface area contributed by atoms with Crippen LogP contribution in [0.15, 0.2) is 33.9 Å². The molecule has 0 amide bonds. The SMILES string of the molecule is Cc1cc(C)n(-c2nc3c(c(=O)[nH]c(=O)n3C)n2Cc2c(F)cccc2Cl)n1. The third-order valence-corrected chi connectivity index (χ3v) is 4.92. The van der Waals surface area contributed by atoms with Crippen molar-refractivity contribution in [3.05, 3.63) is 72.9 Å². The van der Waals surface area contributed by atoms with E-state index in [1.54, 1.807) is 10.7 Å². The van der Waals surface area contributed by atoms with Gasteiger partial charge >= 0.3 is 5.69 Å². The third-order valence-electron chi connectivity index (χ3n) is 4.56. The normalized spacial score (nSPS) is 11.5. The summed E-state index contributed by atoms with van der Waals surface area (Å²) >= 11 is 6.19. The Balaban J connectivity index is 2.09. The molecule has 0 spiro atoms. The van der Waals surface area contributed by atoms with E-state index >= 15 is 0 Å². The third kappa shape index (κ3) is 2.75. The summed E-state index contributed by atoms with van der Waals surface area (Å²) in [5, 5.41) is 4.64. The zero-order chi connectivity index (χ0) is 20.2. The van der Waals surface area contributed by atoms with Gasteiger partial charge < -0.3 is 0 Å². The maximum Gasteiger partial charge on any atom is 0.329 e. The second kappa shape index (κ2) is 6.45. The number of nitrogens with one attached hydrogen (secondary N) is 1. The van der Waals surface area contributed by atoms with Crippen molar-refractivity contribution in [2.24, 2.45) is 7.05 Å². The van der Waals surface area contributed by atoms with Gasteiger partial charge in [-0.2, -0.15) is 10.1 Å². The van der Waals surface area contributed by atoms with Crippen molar-refractivity contribution in [3.8, 4) is 5.95 Å². The van der Waals surface area contributed by atoms with Gasteiger partial charge in [-0.1, -0.05) is 17.7 Å². The Hall–Kier alpha value is -3.20. The van der Waals surface area contributed by atoms with Crippen molar-refractivity contribution in [2.75, 3.05) is 0 Å². The topological polar surface area (TPSA) is 90.5 Å². The number of aromatic amines is 1. The number of fused-ring (bicyclic) bond motifs is 1. The number of H-pyrrole nitrogens is 1. The molecule has 0 unspecified atom stereocenters. The predicted octanol–water partition coefficient (Wildman–Crippen LogP) is 2.07. The van der Waals surface area contributed by atoms with Crippen LogP contribution in [0.1, 0.15) is 17.0 Å². The first-order valence-corrected chi connectivity index (χ1v) is 8.82. The van der Waals surface area contributed by atoms with Crippen LogP contribution in [0.5, 0.6) is 0 Å². The minimum Gasteiger partial charge on any atom is -0.298 e. The van der Waals surface area contributed by atoms with Gasteiger partial charge in [-0.05, 0) is 32.0 Å². The number of halogens is 2. The molecular weight excluding hydrogens is 387 g/mol. The molecule has 0 aliphatic heterocycles. The molecule has 144 valence electrons. The van der Waals surface area contributed by atoms with Crippen LogP contribution in [-0.4, -0.2) is 28.9 Å². The molecule has 8 nitrogen and oxygen atoms in total. The van der Waals surface area contributed by atoms with E-state index in [1.165, 1.54) is 28.3 Å². The van der Waals surface area contributed by atoms with Gasteiger partial charge in [0.05, 0.1) is 12.2 Å². The van der Waals surface area contributed by atoms with Crippen LogP contribution in [0.25, 0.3) is 17.1 Å². The Bertz CT molecular complexity index is 1330. The highest BCUT2D eigenvalue weighted by Gasteiger charge is 2.22. The van der Waals surface area contributed by atoms with E-state index in [-0.39, 0.29) is 34.2 Å². The molecule has 0 saturated heterocycles. The lowest BCUT2D eigenvalue weighted by Gasteiger charge is -2.12. The Kier molecular flexibility index (Phi) is 4.19. The Labute approximate surface area is 162 Å². The monoisotopic (exact) mass is 402 g/mol. The number of aryl methyl sites for hydroxylation is 3. The number of aromatic nitrogens is 6. The Morgan fingerprint density at radius 2 is 2.00 bits per heavy atom. The highest BCUT2D eigenvalue weighted by Crippen LogP contribution is 2.24. The maximum absolute atomic E-state index is 14.4. The molecule has 10 heteroatoms. The van der Waals surface area contributed by atoms with Gasteiger partial charge in [-0.25, -0.2) is 13.9 Å². The van der Waals surface area contributed by atoms with E-state index < -0.39 is 17.1 Å². The Morgan fingerprint density at radius 3 is 2.64 bits per heavy atom. The van der Waals surface area contributed by atoms with Crippen molar-refractivity contribution in [1.82, 2.24) is 28.9 Å². The number of hydrogen-bond acceptors (Lipinski definition) is 4. The zero-order valence-electron chi connectivity index (χ0n) is 15.3. The maximum atomic E-state index is 14.4. The van der Waals surface area contributed by atoms with Crippen LogP contribution in [-0.2, 0) is 13.6 Å². The van der Waals surface area contributed by atoms with E-state index in [9.17, 15) is 14.0 Å².